The van der Waals surface area contributed by atoms with Crippen LogP contribution in [-0.2, 0) is 16.0 Å². The molecule has 2 aromatic carbocycles. The number of anilines is 1. The first-order valence-electron chi connectivity index (χ1n) is 10.7. The first-order valence-corrected chi connectivity index (χ1v) is 10.7. The van der Waals surface area contributed by atoms with Gasteiger partial charge in [0.2, 0.25) is 0 Å². The highest BCUT2D eigenvalue weighted by atomic mass is 16.5. The number of hydrogen-bond acceptors (Lipinski definition) is 3. The van der Waals surface area contributed by atoms with E-state index in [0.29, 0.717) is 5.56 Å². The molecular weight excluding hydrogens is 388 g/mol. The molecule has 5 nitrogen and oxygen atoms in total. The van der Waals surface area contributed by atoms with Crippen LogP contribution >= 0.6 is 0 Å². The minimum absolute atomic E-state index is 0.0395. The Balaban J connectivity index is 1.54. The molecule has 0 fully saturated rings. The summed E-state index contributed by atoms with van der Waals surface area (Å²) in [5, 5.41) is 0. The van der Waals surface area contributed by atoms with E-state index in [4.69, 9.17) is 4.74 Å². The lowest BCUT2D eigenvalue weighted by atomic mass is 10.1. The molecule has 160 valence electrons. The standard InChI is InChI=1S/C26H28N2O3/c1-16-10-12-22(13-11-16)27-18(3)15-23(19(27)4)26(30)31-20(5)25(29)28-17(2)14-21-8-6-7-9-24(21)28/h6-13,15,17,20H,14H2,1-5H3/t17-,20-/m1/s1. The molecule has 0 saturated carbocycles. The Kier molecular flexibility index (Phi) is 5.44. The van der Waals surface area contributed by atoms with E-state index < -0.39 is 12.1 Å². The van der Waals surface area contributed by atoms with Crippen molar-refractivity contribution in [3.05, 3.63) is 82.7 Å². The van der Waals surface area contributed by atoms with Crippen molar-refractivity contribution in [1.29, 1.82) is 0 Å². The van der Waals surface area contributed by atoms with Gasteiger partial charge in [0.15, 0.2) is 6.10 Å². The second-order valence-electron chi connectivity index (χ2n) is 8.39. The van der Waals surface area contributed by atoms with Gasteiger partial charge in [-0.25, -0.2) is 4.79 Å². The number of carbonyl (C=O) groups excluding carboxylic acids is 2. The topological polar surface area (TPSA) is 51.5 Å². The first kappa shape index (κ1) is 20.9. The molecule has 2 atom stereocenters. The lowest BCUT2D eigenvalue weighted by Gasteiger charge is -2.26. The van der Waals surface area contributed by atoms with Crippen LogP contribution < -0.4 is 4.90 Å². The van der Waals surface area contributed by atoms with E-state index in [1.165, 1.54) is 5.56 Å². The van der Waals surface area contributed by atoms with E-state index >= 15 is 0 Å². The lowest BCUT2D eigenvalue weighted by Crippen LogP contribution is -2.43. The van der Waals surface area contributed by atoms with Crippen LogP contribution in [0.15, 0.2) is 54.6 Å². The fraction of sp³-hybridized carbons (Fsp3) is 0.308. The lowest BCUT2D eigenvalue weighted by molar-refractivity contribution is -0.126. The number of carbonyl (C=O) groups is 2. The van der Waals surface area contributed by atoms with Gasteiger partial charge in [-0.2, -0.15) is 0 Å². The van der Waals surface area contributed by atoms with Crippen LogP contribution in [0.5, 0.6) is 0 Å². The number of ether oxygens (including phenoxy) is 1. The molecule has 0 N–H and O–H groups in total. The Morgan fingerprint density at radius 2 is 1.71 bits per heavy atom. The van der Waals surface area contributed by atoms with Crippen LogP contribution in [0.4, 0.5) is 5.69 Å². The van der Waals surface area contributed by atoms with Crippen molar-refractivity contribution in [2.45, 2.75) is 53.2 Å². The van der Waals surface area contributed by atoms with Crippen molar-refractivity contribution >= 4 is 17.6 Å². The van der Waals surface area contributed by atoms with E-state index in [9.17, 15) is 9.59 Å². The SMILES string of the molecule is Cc1ccc(-n2c(C)cc(C(=O)O[C@H](C)C(=O)N3c4ccccc4C[C@H]3C)c2C)cc1. The van der Waals surface area contributed by atoms with E-state index in [1.807, 2.05) is 86.9 Å². The molecular formula is C26H28N2O3. The predicted molar refractivity (Wildman–Crippen MR) is 122 cm³/mol. The van der Waals surface area contributed by atoms with Gasteiger partial charge in [-0.15, -0.1) is 0 Å². The number of aryl methyl sites for hydroxylation is 2. The number of fused-ring (bicyclic) bond motifs is 1. The second kappa shape index (κ2) is 8.06. The Labute approximate surface area is 183 Å². The third-order valence-corrected chi connectivity index (χ3v) is 6.02. The summed E-state index contributed by atoms with van der Waals surface area (Å²) in [5.41, 5.74) is 6.43. The van der Waals surface area contributed by atoms with Crippen molar-refractivity contribution in [2.24, 2.45) is 0 Å². The van der Waals surface area contributed by atoms with Crippen LogP contribution in [0.25, 0.3) is 5.69 Å². The molecule has 31 heavy (non-hydrogen) atoms. The average Bonchev–Trinajstić information content (AvgIpc) is 3.23. The summed E-state index contributed by atoms with van der Waals surface area (Å²) in [5.74, 6) is -0.675. The van der Waals surface area contributed by atoms with Crippen molar-refractivity contribution in [3.8, 4) is 5.69 Å². The fourth-order valence-corrected chi connectivity index (χ4v) is 4.43. The van der Waals surface area contributed by atoms with Crippen LogP contribution in [-0.4, -0.2) is 28.6 Å². The molecule has 1 aromatic heterocycles. The van der Waals surface area contributed by atoms with Crippen molar-refractivity contribution in [2.75, 3.05) is 4.90 Å². The maximum absolute atomic E-state index is 13.1. The quantitative estimate of drug-likeness (QED) is 0.567. The molecule has 3 aromatic rings. The van der Waals surface area contributed by atoms with Gasteiger partial charge >= 0.3 is 5.97 Å². The highest BCUT2D eigenvalue weighted by Crippen LogP contribution is 2.32. The number of benzene rings is 2. The minimum Gasteiger partial charge on any atom is -0.449 e. The normalized spacial score (nSPS) is 16.2. The molecule has 0 spiro atoms. The largest absolute Gasteiger partial charge is 0.449 e. The minimum atomic E-state index is -0.872. The molecule has 5 heteroatoms. The van der Waals surface area contributed by atoms with Gasteiger partial charge in [0.05, 0.1) is 5.56 Å². The maximum Gasteiger partial charge on any atom is 0.340 e. The summed E-state index contributed by atoms with van der Waals surface area (Å²) in [7, 11) is 0. The molecule has 1 aliphatic heterocycles. The number of nitrogens with zero attached hydrogens (tertiary/aromatic N) is 2. The Morgan fingerprint density at radius 1 is 1.03 bits per heavy atom. The summed E-state index contributed by atoms with van der Waals surface area (Å²) in [6.45, 7) is 9.56. The van der Waals surface area contributed by atoms with Crippen LogP contribution in [0.1, 0.15) is 46.7 Å². The number of esters is 1. The van der Waals surface area contributed by atoms with Crippen LogP contribution in [0.2, 0.25) is 0 Å². The zero-order valence-electron chi connectivity index (χ0n) is 18.7. The van der Waals surface area contributed by atoms with E-state index in [-0.39, 0.29) is 11.9 Å². The predicted octanol–water partition coefficient (Wildman–Crippen LogP) is 4.93. The monoisotopic (exact) mass is 416 g/mol. The van der Waals surface area contributed by atoms with E-state index in [2.05, 4.69) is 0 Å². The molecule has 1 aliphatic rings. The molecule has 0 aliphatic carbocycles. The Hall–Kier alpha value is -3.34. The number of hydrogen-bond donors (Lipinski definition) is 0. The summed E-state index contributed by atoms with van der Waals surface area (Å²) in [6, 6.07) is 17.9. The molecule has 4 rings (SSSR count). The Morgan fingerprint density at radius 3 is 2.42 bits per heavy atom. The highest BCUT2D eigenvalue weighted by Gasteiger charge is 2.35. The fourth-order valence-electron chi connectivity index (χ4n) is 4.43. The van der Waals surface area contributed by atoms with Gasteiger partial charge in [0.25, 0.3) is 5.91 Å². The van der Waals surface area contributed by atoms with Crippen molar-refractivity contribution in [1.82, 2.24) is 4.57 Å². The van der Waals surface area contributed by atoms with Crippen LogP contribution in [0.3, 0.4) is 0 Å². The number of para-hydroxylation sites is 1. The summed E-state index contributed by atoms with van der Waals surface area (Å²) < 4.78 is 7.66. The zero-order chi connectivity index (χ0) is 22.3. The zero-order valence-corrected chi connectivity index (χ0v) is 18.7. The molecule has 2 heterocycles. The third-order valence-electron chi connectivity index (χ3n) is 6.02. The molecule has 0 unspecified atom stereocenters. The summed E-state index contributed by atoms with van der Waals surface area (Å²) >= 11 is 0. The first-order chi connectivity index (χ1) is 14.8. The van der Waals surface area contributed by atoms with Gasteiger partial charge < -0.3 is 14.2 Å². The Bertz CT molecular complexity index is 1140. The molecule has 0 saturated heterocycles. The maximum atomic E-state index is 13.1. The number of aromatic nitrogens is 1. The van der Waals surface area contributed by atoms with Crippen molar-refractivity contribution in [3.63, 3.8) is 0 Å². The van der Waals surface area contributed by atoms with Gasteiger partial charge in [0.1, 0.15) is 0 Å². The van der Waals surface area contributed by atoms with Crippen LogP contribution in [0, 0.1) is 20.8 Å². The molecule has 1 amide bonds. The average molecular weight is 417 g/mol. The summed E-state index contributed by atoms with van der Waals surface area (Å²) in [4.78, 5) is 27.9. The van der Waals surface area contributed by atoms with Gasteiger partial charge in [-0.3, -0.25) is 4.79 Å². The molecule has 0 radical (unpaired) electrons. The number of amides is 1. The van der Waals surface area contributed by atoms with E-state index in [0.717, 1.165) is 34.7 Å². The smallest absolute Gasteiger partial charge is 0.340 e. The van der Waals surface area contributed by atoms with Gasteiger partial charge in [-0.05, 0) is 70.9 Å². The third kappa shape index (κ3) is 3.76. The number of rotatable bonds is 4. The second-order valence-corrected chi connectivity index (χ2v) is 8.39. The highest BCUT2D eigenvalue weighted by molar-refractivity contribution is 6.01. The van der Waals surface area contributed by atoms with Gasteiger partial charge in [0, 0.05) is 28.8 Å². The van der Waals surface area contributed by atoms with E-state index in [1.54, 1.807) is 11.8 Å². The molecule has 0 bridgehead atoms. The van der Waals surface area contributed by atoms with Crippen molar-refractivity contribution < 1.29 is 14.3 Å². The van der Waals surface area contributed by atoms with Gasteiger partial charge in [-0.1, -0.05) is 35.9 Å². The summed E-state index contributed by atoms with van der Waals surface area (Å²) in [6.07, 6.45) is -0.0659.